The molecule has 20 heavy (non-hydrogen) atoms. The summed E-state index contributed by atoms with van der Waals surface area (Å²) >= 11 is 5.85. The minimum atomic E-state index is -0.344. The predicted molar refractivity (Wildman–Crippen MR) is 74.3 cm³/mol. The molecule has 0 saturated carbocycles. The maximum Gasteiger partial charge on any atom is 0.322 e. The van der Waals surface area contributed by atoms with E-state index >= 15 is 0 Å². The second-order valence-corrected chi connectivity index (χ2v) is 4.94. The second-order valence-electron chi connectivity index (χ2n) is 4.60. The van der Waals surface area contributed by atoms with Gasteiger partial charge < -0.3 is 19.5 Å². The maximum atomic E-state index is 5.85. The molecule has 1 aromatic heterocycles. The number of halogens is 1. The Bertz CT molecular complexity index is 441. The third-order valence-corrected chi connectivity index (χ3v) is 3.26. The van der Waals surface area contributed by atoms with Crippen molar-refractivity contribution < 1.29 is 14.2 Å². The molecular weight excluding hydrogens is 284 g/mol. The third-order valence-electron chi connectivity index (χ3n) is 3.09. The van der Waals surface area contributed by atoms with E-state index in [-0.39, 0.29) is 16.9 Å². The molecule has 0 spiro atoms. The normalized spacial score (nSPS) is 21.9. The Hall–Kier alpha value is -1.18. The van der Waals surface area contributed by atoms with Crippen LogP contribution in [-0.2, 0) is 9.47 Å². The van der Waals surface area contributed by atoms with Crippen molar-refractivity contribution >= 4 is 17.5 Å². The molecule has 0 bridgehead atoms. The Kier molecular flexibility index (Phi) is 5.33. The molecule has 1 atom stereocenters. The summed E-state index contributed by atoms with van der Waals surface area (Å²) < 4.78 is 16.3. The molecule has 1 aliphatic heterocycles. The van der Waals surface area contributed by atoms with Gasteiger partial charge in [0, 0.05) is 26.7 Å². The van der Waals surface area contributed by atoms with E-state index in [4.69, 9.17) is 25.8 Å². The standard InChI is InChI=1S/C12H19ClN4O3/c1-3-5-20-11-16-9(13)15-10(17-11)14-7-12(18-2)4-6-19-8-12/h3-8H2,1-2H3,(H,14,15,16,17). The summed E-state index contributed by atoms with van der Waals surface area (Å²) in [4.78, 5) is 12.1. The number of ether oxygens (including phenoxy) is 3. The SMILES string of the molecule is CCCOc1nc(Cl)nc(NCC2(OC)CCOC2)n1. The number of anilines is 1. The Morgan fingerprint density at radius 3 is 2.90 bits per heavy atom. The van der Waals surface area contributed by atoms with E-state index in [2.05, 4.69) is 20.3 Å². The van der Waals surface area contributed by atoms with E-state index < -0.39 is 0 Å². The van der Waals surface area contributed by atoms with Gasteiger partial charge >= 0.3 is 6.01 Å². The number of methoxy groups -OCH3 is 1. The van der Waals surface area contributed by atoms with Crippen LogP contribution in [0.5, 0.6) is 6.01 Å². The van der Waals surface area contributed by atoms with Gasteiger partial charge in [-0.1, -0.05) is 6.92 Å². The Labute approximate surface area is 123 Å². The highest BCUT2D eigenvalue weighted by atomic mass is 35.5. The Morgan fingerprint density at radius 1 is 1.40 bits per heavy atom. The number of nitrogens with zero attached hydrogens (tertiary/aromatic N) is 3. The van der Waals surface area contributed by atoms with Crippen molar-refractivity contribution in [2.24, 2.45) is 0 Å². The zero-order chi connectivity index (χ0) is 14.4. The molecule has 1 unspecified atom stereocenters. The molecule has 8 heteroatoms. The van der Waals surface area contributed by atoms with Crippen LogP contribution in [0.15, 0.2) is 0 Å². The highest BCUT2D eigenvalue weighted by Crippen LogP contribution is 2.23. The molecule has 0 radical (unpaired) electrons. The minimum Gasteiger partial charge on any atom is -0.463 e. The number of rotatable bonds is 7. The fourth-order valence-corrected chi connectivity index (χ4v) is 2.02. The van der Waals surface area contributed by atoms with E-state index in [1.165, 1.54) is 0 Å². The van der Waals surface area contributed by atoms with Gasteiger partial charge in [-0.15, -0.1) is 0 Å². The van der Waals surface area contributed by atoms with E-state index in [9.17, 15) is 0 Å². The van der Waals surface area contributed by atoms with Gasteiger partial charge in [0.15, 0.2) is 0 Å². The van der Waals surface area contributed by atoms with Crippen LogP contribution >= 0.6 is 11.6 Å². The van der Waals surface area contributed by atoms with Crippen LogP contribution in [0, 0.1) is 0 Å². The molecule has 1 fully saturated rings. The molecule has 1 aromatic rings. The average Bonchev–Trinajstić information content (AvgIpc) is 2.92. The summed E-state index contributed by atoms with van der Waals surface area (Å²) in [6.07, 6.45) is 1.70. The van der Waals surface area contributed by atoms with E-state index in [1.54, 1.807) is 7.11 Å². The van der Waals surface area contributed by atoms with Gasteiger partial charge in [-0.05, 0) is 18.0 Å². The lowest BCUT2D eigenvalue weighted by atomic mass is 10.0. The lowest BCUT2D eigenvalue weighted by Crippen LogP contribution is -2.40. The van der Waals surface area contributed by atoms with Crippen molar-refractivity contribution in [1.82, 2.24) is 15.0 Å². The first kappa shape index (κ1) is 15.2. The second kappa shape index (κ2) is 7.01. The van der Waals surface area contributed by atoms with Gasteiger partial charge in [-0.25, -0.2) is 0 Å². The first-order chi connectivity index (χ1) is 9.67. The van der Waals surface area contributed by atoms with E-state index in [0.29, 0.717) is 32.3 Å². The Balaban J connectivity index is 1.99. The largest absolute Gasteiger partial charge is 0.463 e. The maximum absolute atomic E-state index is 5.85. The predicted octanol–water partition coefficient (Wildman–Crippen LogP) is 1.53. The lowest BCUT2D eigenvalue weighted by Gasteiger charge is -2.25. The van der Waals surface area contributed by atoms with Gasteiger partial charge in [0.25, 0.3) is 0 Å². The first-order valence-electron chi connectivity index (χ1n) is 6.58. The van der Waals surface area contributed by atoms with Crippen LogP contribution in [0.2, 0.25) is 5.28 Å². The number of nitrogens with one attached hydrogen (secondary N) is 1. The van der Waals surface area contributed by atoms with Gasteiger partial charge in [0.05, 0.1) is 13.2 Å². The van der Waals surface area contributed by atoms with Crippen molar-refractivity contribution in [3.05, 3.63) is 5.28 Å². The first-order valence-corrected chi connectivity index (χ1v) is 6.96. The van der Waals surface area contributed by atoms with Gasteiger partial charge in [-0.2, -0.15) is 15.0 Å². The molecule has 2 rings (SSSR count). The smallest absolute Gasteiger partial charge is 0.322 e. The quantitative estimate of drug-likeness (QED) is 0.818. The summed E-state index contributed by atoms with van der Waals surface area (Å²) in [6.45, 7) is 4.32. The Morgan fingerprint density at radius 2 is 2.25 bits per heavy atom. The average molecular weight is 303 g/mol. The summed E-state index contributed by atoms with van der Waals surface area (Å²) in [5, 5.41) is 3.20. The zero-order valence-electron chi connectivity index (χ0n) is 11.7. The molecular formula is C12H19ClN4O3. The minimum absolute atomic E-state index is 0.0998. The fourth-order valence-electron chi connectivity index (χ4n) is 1.87. The van der Waals surface area contributed by atoms with Gasteiger partial charge in [0.2, 0.25) is 11.2 Å². The highest BCUT2D eigenvalue weighted by Gasteiger charge is 2.35. The number of aromatic nitrogens is 3. The number of hydrogen-bond donors (Lipinski definition) is 1. The van der Waals surface area contributed by atoms with Gasteiger partial charge in [-0.3, -0.25) is 0 Å². The third kappa shape index (κ3) is 3.91. The van der Waals surface area contributed by atoms with Crippen molar-refractivity contribution in [2.75, 3.05) is 38.8 Å². The molecule has 1 N–H and O–H groups in total. The number of hydrogen-bond acceptors (Lipinski definition) is 7. The van der Waals surface area contributed by atoms with Crippen molar-refractivity contribution in [1.29, 1.82) is 0 Å². The molecule has 2 heterocycles. The monoisotopic (exact) mass is 302 g/mol. The van der Waals surface area contributed by atoms with Crippen LogP contribution in [-0.4, -0.2) is 54.0 Å². The van der Waals surface area contributed by atoms with E-state index in [1.807, 2.05) is 6.92 Å². The van der Waals surface area contributed by atoms with Crippen LogP contribution in [0.25, 0.3) is 0 Å². The molecule has 1 saturated heterocycles. The lowest BCUT2D eigenvalue weighted by molar-refractivity contribution is -0.00632. The van der Waals surface area contributed by atoms with Crippen molar-refractivity contribution in [3.63, 3.8) is 0 Å². The molecule has 0 aliphatic carbocycles. The fraction of sp³-hybridized carbons (Fsp3) is 0.750. The van der Waals surface area contributed by atoms with E-state index in [0.717, 1.165) is 12.8 Å². The van der Waals surface area contributed by atoms with Crippen LogP contribution in [0.1, 0.15) is 19.8 Å². The topological polar surface area (TPSA) is 78.4 Å². The molecule has 0 amide bonds. The van der Waals surface area contributed by atoms with Gasteiger partial charge in [0.1, 0.15) is 5.60 Å². The summed E-state index contributed by atoms with van der Waals surface area (Å²) in [6, 6.07) is 0.225. The summed E-state index contributed by atoms with van der Waals surface area (Å²) in [5.74, 6) is 0.374. The van der Waals surface area contributed by atoms with Crippen molar-refractivity contribution in [2.45, 2.75) is 25.4 Å². The van der Waals surface area contributed by atoms with Crippen LogP contribution in [0.4, 0.5) is 5.95 Å². The molecule has 112 valence electrons. The summed E-state index contributed by atoms with van der Waals surface area (Å²) in [5.41, 5.74) is -0.344. The van der Waals surface area contributed by atoms with Crippen LogP contribution < -0.4 is 10.1 Å². The molecule has 1 aliphatic rings. The van der Waals surface area contributed by atoms with Crippen LogP contribution in [0.3, 0.4) is 0 Å². The molecule has 7 nitrogen and oxygen atoms in total. The summed E-state index contributed by atoms with van der Waals surface area (Å²) in [7, 11) is 1.67. The molecule has 0 aromatic carbocycles. The van der Waals surface area contributed by atoms with Crippen molar-refractivity contribution in [3.8, 4) is 6.01 Å². The zero-order valence-corrected chi connectivity index (χ0v) is 12.4. The highest BCUT2D eigenvalue weighted by molar-refractivity contribution is 6.28.